The quantitative estimate of drug-likeness (QED) is 0.528. The highest BCUT2D eigenvalue weighted by molar-refractivity contribution is 8.10. The van der Waals surface area contributed by atoms with Gasteiger partial charge in [-0.3, -0.25) is 4.34 Å². The molecule has 14 heavy (non-hydrogen) atoms. The molecular weight excluding hydrogens is 291 g/mol. The average molecular weight is 303 g/mol. The molecule has 0 aromatic rings. The molecule has 0 amide bonds. The fourth-order valence-corrected chi connectivity index (χ4v) is 10.8. The molecule has 0 heterocycles. The van der Waals surface area contributed by atoms with E-state index in [0.29, 0.717) is 0 Å². The molecule has 0 spiro atoms. The monoisotopic (exact) mass is 302 g/mol. The maximum atomic E-state index is 12.2. The molecule has 0 fully saturated rings. The molecule has 0 atom stereocenters. The van der Waals surface area contributed by atoms with Gasteiger partial charge in [-0.2, -0.15) is 0 Å². The third kappa shape index (κ3) is 5.24. The Morgan fingerprint density at radius 1 is 1.29 bits per heavy atom. The van der Waals surface area contributed by atoms with Crippen molar-refractivity contribution in [3.05, 3.63) is 0 Å². The van der Waals surface area contributed by atoms with Crippen molar-refractivity contribution in [3.8, 4) is 0 Å². The van der Waals surface area contributed by atoms with E-state index >= 15 is 0 Å². The highest BCUT2D eigenvalue weighted by Gasteiger charge is 2.34. The van der Waals surface area contributed by atoms with Gasteiger partial charge in [-0.1, -0.05) is 19.6 Å². The van der Waals surface area contributed by atoms with Crippen LogP contribution in [0, 0.1) is 0 Å². The first-order chi connectivity index (χ1) is 5.86. The van der Waals surface area contributed by atoms with E-state index in [1.807, 2.05) is 19.6 Å². The van der Waals surface area contributed by atoms with Crippen molar-refractivity contribution >= 4 is 44.5 Å². The molecule has 0 N–H and O–H groups in total. The zero-order chi connectivity index (χ0) is 11.8. The Morgan fingerprint density at radius 2 is 1.64 bits per heavy atom. The number of halogens is 4. The van der Waals surface area contributed by atoms with Crippen molar-refractivity contribution in [3.63, 3.8) is 0 Å². The Bertz CT molecular complexity index is 309. The zero-order valence-corrected chi connectivity index (χ0v) is 12.5. The Labute approximate surface area is 93.2 Å². The second-order valence-electron chi connectivity index (χ2n) is 3.67. The average Bonchev–Trinajstić information content (AvgIpc) is 1.78. The van der Waals surface area contributed by atoms with Crippen LogP contribution in [0.15, 0.2) is 4.52 Å². The molecule has 0 aromatic carbocycles. The van der Waals surface area contributed by atoms with E-state index in [1.54, 1.807) is 0 Å². The van der Waals surface area contributed by atoms with Gasteiger partial charge < -0.3 is 0 Å². The maximum absolute atomic E-state index is 12.2. The maximum Gasteiger partial charge on any atom is 0.531 e. The summed E-state index contributed by atoms with van der Waals surface area (Å²) in [6.45, 7) is 5.64. The smallest absolute Gasteiger partial charge is 0.270 e. The van der Waals surface area contributed by atoms with Crippen LogP contribution in [0.5, 0.6) is 0 Å². The lowest BCUT2D eigenvalue weighted by atomic mass is 11.6. The Kier molecular flexibility index (Phi) is 4.87. The number of hydrogen-bond donors (Lipinski definition) is 0. The molecule has 0 aliphatic rings. The van der Waals surface area contributed by atoms with E-state index in [-0.39, 0.29) is 0 Å². The van der Waals surface area contributed by atoms with Gasteiger partial charge in [-0.05, 0) is 29.5 Å². The van der Waals surface area contributed by atoms with Crippen LogP contribution in [0.25, 0.3) is 0 Å². The number of hydrogen-bond acceptors (Lipinski definition) is 1. The van der Waals surface area contributed by atoms with Crippen molar-refractivity contribution in [1.82, 2.24) is 4.34 Å². The fraction of sp³-hybridized carbons (Fsp3) is 1.00. The lowest BCUT2D eigenvalue weighted by Crippen LogP contribution is -2.38. The van der Waals surface area contributed by atoms with E-state index in [2.05, 4.69) is 4.52 Å². The molecule has 0 aliphatic heterocycles. The molecule has 0 saturated heterocycles. The first-order valence-electron chi connectivity index (χ1n) is 3.63. The van der Waals surface area contributed by atoms with E-state index in [0.717, 1.165) is 0 Å². The third-order valence-corrected chi connectivity index (χ3v) is 11.9. The van der Waals surface area contributed by atoms with Crippen LogP contribution in [-0.2, 0) is 4.57 Å². The standard InChI is InChI=1S/C4H12Cl2F2N2OP2Si/c1-10(14(2,3)4)12(5,6)9-13(7,8)11/h1-4H3. The molecule has 0 radical (unpaired) electrons. The highest BCUT2D eigenvalue weighted by Crippen LogP contribution is 2.72. The summed E-state index contributed by atoms with van der Waals surface area (Å²) in [7, 11) is -5.92. The van der Waals surface area contributed by atoms with Gasteiger partial charge in [-0.25, -0.2) is 4.57 Å². The highest BCUT2D eigenvalue weighted by atomic mass is 35.9. The van der Waals surface area contributed by atoms with E-state index < -0.39 is 22.1 Å². The topological polar surface area (TPSA) is 32.7 Å². The van der Waals surface area contributed by atoms with Crippen LogP contribution >= 0.6 is 36.3 Å². The number of rotatable bonds is 3. The molecule has 0 unspecified atom stereocenters. The van der Waals surface area contributed by atoms with E-state index in [9.17, 15) is 13.0 Å². The largest absolute Gasteiger partial charge is 0.531 e. The van der Waals surface area contributed by atoms with Gasteiger partial charge in [0.05, 0.1) is 0 Å². The Hall–Kier alpha value is 1.08. The van der Waals surface area contributed by atoms with Crippen LogP contribution in [-0.4, -0.2) is 19.6 Å². The normalized spacial score (nSPS) is 14.6. The Morgan fingerprint density at radius 3 is 1.86 bits per heavy atom. The molecule has 0 aromatic heterocycles. The minimum Gasteiger partial charge on any atom is -0.270 e. The predicted molar refractivity (Wildman–Crippen MR) is 62.0 cm³/mol. The van der Waals surface area contributed by atoms with Crippen LogP contribution in [0.4, 0.5) is 8.39 Å². The van der Waals surface area contributed by atoms with Crippen molar-refractivity contribution in [1.29, 1.82) is 0 Å². The van der Waals surface area contributed by atoms with Gasteiger partial charge in [0.25, 0.3) is 0 Å². The summed E-state index contributed by atoms with van der Waals surface area (Å²) < 4.78 is 38.8. The Balaban J connectivity index is 5.18. The van der Waals surface area contributed by atoms with Crippen LogP contribution in [0.2, 0.25) is 19.6 Å². The lowest BCUT2D eigenvalue weighted by molar-refractivity contribution is 0.497. The predicted octanol–water partition coefficient (Wildman–Crippen LogP) is 5.22. The van der Waals surface area contributed by atoms with E-state index in [4.69, 9.17) is 22.5 Å². The summed E-state index contributed by atoms with van der Waals surface area (Å²) in [5.74, 6) is -3.33. The second-order valence-corrected chi connectivity index (χ2v) is 15.5. The van der Waals surface area contributed by atoms with Crippen molar-refractivity contribution in [2.24, 2.45) is 4.52 Å². The van der Waals surface area contributed by atoms with Crippen molar-refractivity contribution in [2.75, 3.05) is 7.05 Å². The minimum absolute atomic E-state index is 1.44. The van der Waals surface area contributed by atoms with Crippen LogP contribution < -0.4 is 0 Å². The fourth-order valence-electron chi connectivity index (χ4n) is 0.546. The SMILES string of the molecule is CN([Si](C)(C)C)P(Cl)(Cl)=NP(=O)(F)F. The molecule has 3 nitrogen and oxygen atoms in total. The van der Waals surface area contributed by atoms with Crippen LogP contribution in [0.1, 0.15) is 0 Å². The summed E-state index contributed by atoms with van der Waals surface area (Å²) >= 11 is 11.3. The summed E-state index contributed by atoms with van der Waals surface area (Å²) in [4.78, 5) is 0. The first kappa shape index (κ1) is 15.1. The molecule has 0 saturated carbocycles. The van der Waals surface area contributed by atoms with Gasteiger partial charge in [-0.15, -0.1) is 12.9 Å². The molecular formula is C4H12Cl2F2N2OP2Si. The zero-order valence-electron chi connectivity index (χ0n) is 8.21. The third-order valence-electron chi connectivity index (χ3n) is 1.54. The molecule has 0 aliphatic carbocycles. The van der Waals surface area contributed by atoms with Gasteiger partial charge in [0.15, 0.2) is 0 Å². The summed E-state index contributed by atoms with van der Waals surface area (Å²) in [6.07, 6.45) is 0. The van der Waals surface area contributed by atoms with Crippen molar-refractivity contribution < 1.29 is 13.0 Å². The van der Waals surface area contributed by atoms with Crippen molar-refractivity contribution in [2.45, 2.75) is 19.6 Å². The molecule has 0 rings (SSSR count). The van der Waals surface area contributed by atoms with Crippen LogP contribution in [0.3, 0.4) is 0 Å². The van der Waals surface area contributed by atoms with E-state index in [1.165, 1.54) is 11.4 Å². The molecule has 10 heteroatoms. The van der Waals surface area contributed by atoms with Gasteiger partial charge in [0.2, 0.25) is 5.91 Å². The summed E-state index contributed by atoms with van der Waals surface area (Å²) in [6, 6.07) is 0. The summed E-state index contributed by atoms with van der Waals surface area (Å²) in [5, 5.41) is 0. The first-order valence-corrected chi connectivity index (χ1v) is 12.0. The number of nitrogens with zero attached hydrogens (tertiary/aromatic N) is 2. The van der Waals surface area contributed by atoms with Gasteiger partial charge in [0, 0.05) is 0 Å². The molecule has 0 bridgehead atoms. The minimum atomic E-state index is -5.52. The summed E-state index contributed by atoms with van der Waals surface area (Å²) in [5.41, 5.74) is 0. The molecule has 86 valence electrons. The van der Waals surface area contributed by atoms with Gasteiger partial charge in [0.1, 0.15) is 8.24 Å². The van der Waals surface area contributed by atoms with Gasteiger partial charge >= 0.3 is 7.91 Å². The second kappa shape index (κ2) is 4.52. The lowest BCUT2D eigenvalue weighted by Gasteiger charge is -2.33.